The smallest absolute Gasteiger partial charge is 0.194 e. The minimum Gasteiger partial charge on any atom is -0.357 e. The molecule has 1 atom stereocenters. The number of piperazine rings is 1. The quantitative estimate of drug-likeness (QED) is 0.611. The lowest BCUT2D eigenvalue weighted by Gasteiger charge is -2.34. The van der Waals surface area contributed by atoms with Gasteiger partial charge in [-0.15, -0.1) is 0 Å². The van der Waals surface area contributed by atoms with Crippen LogP contribution in [0, 0.1) is 0 Å². The number of anilines is 1. The number of likely N-dealkylation sites (N-methyl/N-ethyl adjacent to an activating group) is 1. The predicted octanol–water partition coefficient (Wildman–Crippen LogP) is 2.79. The molecule has 2 aliphatic heterocycles. The maximum atomic E-state index is 5.02. The topological polar surface area (TPSA) is 47.0 Å². The van der Waals surface area contributed by atoms with Crippen molar-refractivity contribution < 1.29 is 0 Å². The first-order valence-electron chi connectivity index (χ1n) is 11.2. The summed E-state index contributed by atoms with van der Waals surface area (Å²) >= 11 is 0. The standard InChI is InChI=1S/C24H34N6/c1-3-25-24(30-13-11-22(19-30)20-8-5-4-6-9-20)27-18-21-10-7-12-26-23(21)29-16-14-28(2)15-17-29/h4-10,12,22H,3,11,13-19H2,1-2H3,(H,25,27). The molecule has 0 spiro atoms. The minimum atomic E-state index is 0.578. The second-order valence-electron chi connectivity index (χ2n) is 8.29. The van der Waals surface area contributed by atoms with Crippen molar-refractivity contribution in [3.8, 4) is 0 Å². The molecule has 30 heavy (non-hydrogen) atoms. The van der Waals surface area contributed by atoms with E-state index in [0.717, 1.165) is 57.6 Å². The van der Waals surface area contributed by atoms with Gasteiger partial charge >= 0.3 is 0 Å². The third-order valence-electron chi connectivity index (χ3n) is 6.16. The maximum Gasteiger partial charge on any atom is 0.194 e. The number of pyridine rings is 1. The third-order valence-corrected chi connectivity index (χ3v) is 6.16. The first kappa shape index (κ1) is 20.7. The Morgan fingerprint density at radius 2 is 1.87 bits per heavy atom. The van der Waals surface area contributed by atoms with Crippen LogP contribution < -0.4 is 10.2 Å². The summed E-state index contributed by atoms with van der Waals surface area (Å²) in [6.07, 6.45) is 3.07. The zero-order chi connectivity index (χ0) is 20.8. The summed E-state index contributed by atoms with van der Waals surface area (Å²) in [5.74, 6) is 2.69. The van der Waals surface area contributed by atoms with E-state index in [9.17, 15) is 0 Å². The van der Waals surface area contributed by atoms with Crippen molar-refractivity contribution in [3.05, 3.63) is 59.8 Å². The molecule has 0 saturated carbocycles. The number of nitrogens with one attached hydrogen (secondary N) is 1. The van der Waals surface area contributed by atoms with Crippen molar-refractivity contribution in [2.24, 2.45) is 4.99 Å². The molecule has 0 bridgehead atoms. The number of rotatable bonds is 5. The summed E-state index contributed by atoms with van der Waals surface area (Å²) in [6, 6.07) is 15.1. The molecule has 3 heterocycles. The molecule has 2 aromatic rings. The Kier molecular flexibility index (Phi) is 6.84. The van der Waals surface area contributed by atoms with E-state index < -0.39 is 0 Å². The number of hydrogen-bond acceptors (Lipinski definition) is 4. The Bertz CT molecular complexity index is 829. The number of hydrogen-bond donors (Lipinski definition) is 1. The van der Waals surface area contributed by atoms with Crippen LogP contribution in [0.25, 0.3) is 0 Å². The van der Waals surface area contributed by atoms with Crippen molar-refractivity contribution in [2.75, 3.05) is 57.8 Å². The highest BCUT2D eigenvalue weighted by Gasteiger charge is 2.26. The Labute approximate surface area is 180 Å². The maximum absolute atomic E-state index is 5.02. The van der Waals surface area contributed by atoms with Gasteiger partial charge in [0.25, 0.3) is 0 Å². The first-order chi connectivity index (χ1) is 14.7. The molecule has 2 aliphatic rings. The van der Waals surface area contributed by atoms with E-state index in [-0.39, 0.29) is 0 Å². The number of benzene rings is 1. The van der Waals surface area contributed by atoms with Crippen LogP contribution in [0.4, 0.5) is 5.82 Å². The van der Waals surface area contributed by atoms with Crippen LogP contribution in [0.3, 0.4) is 0 Å². The molecule has 6 heteroatoms. The fraction of sp³-hybridized carbons (Fsp3) is 0.500. The normalized spacial score (nSPS) is 20.6. The molecular weight excluding hydrogens is 372 g/mol. The molecule has 1 unspecified atom stereocenters. The zero-order valence-electron chi connectivity index (χ0n) is 18.3. The third kappa shape index (κ3) is 4.93. The van der Waals surface area contributed by atoms with Gasteiger partial charge < -0.3 is 20.0 Å². The summed E-state index contributed by atoms with van der Waals surface area (Å²) in [7, 11) is 2.18. The number of aliphatic imine (C=N–C) groups is 1. The van der Waals surface area contributed by atoms with Gasteiger partial charge in [0.05, 0.1) is 6.54 Å². The van der Waals surface area contributed by atoms with E-state index in [1.807, 2.05) is 12.3 Å². The highest BCUT2D eigenvalue weighted by atomic mass is 15.3. The van der Waals surface area contributed by atoms with Crippen LogP contribution in [0.1, 0.15) is 30.4 Å². The Morgan fingerprint density at radius 3 is 2.63 bits per heavy atom. The fourth-order valence-corrected chi connectivity index (χ4v) is 4.39. The van der Waals surface area contributed by atoms with Crippen LogP contribution in [0.15, 0.2) is 53.7 Å². The van der Waals surface area contributed by atoms with Crippen LogP contribution >= 0.6 is 0 Å². The Morgan fingerprint density at radius 1 is 1.07 bits per heavy atom. The number of nitrogens with zero attached hydrogens (tertiary/aromatic N) is 5. The number of likely N-dealkylation sites (tertiary alicyclic amines) is 1. The van der Waals surface area contributed by atoms with Gasteiger partial charge in [-0.3, -0.25) is 0 Å². The molecule has 2 fully saturated rings. The van der Waals surface area contributed by atoms with Crippen LogP contribution in [-0.4, -0.2) is 73.6 Å². The van der Waals surface area contributed by atoms with Crippen LogP contribution in [-0.2, 0) is 6.54 Å². The molecule has 6 nitrogen and oxygen atoms in total. The van der Waals surface area contributed by atoms with Gasteiger partial charge in [-0.2, -0.15) is 0 Å². The minimum absolute atomic E-state index is 0.578. The van der Waals surface area contributed by atoms with Crippen molar-refractivity contribution in [2.45, 2.75) is 25.8 Å². The SMILES string of the molecule is CCNC(=NCc1cccnc1N1CCN(C)CC1)N1CCC(c2ccccc2)C1. The van der Waals surface area contributed by atoms with Gasteiger partial charge in [0.2, 0.25) is 0 Å². The molecule has 0 amide bonds. The molecule has 160 valence electrons. The first-order valence-corrected chi connectivity index (χ1v) is 11.2. The highest BCUT2D eigenvalue weighted by Crippen LogP contribution is 2.27. The lowest BCUT2D eigenvalue weighted by atomic mass is 9.99. The Hall–Kier alpha value is -2.60. The molecule has 1 N–H and O–H groups in total. The number of aromatic nitrogens is 1. The average molecular weight is 407 g/mol. The van der Waals surface area contributed by atoms with Gasteiger partial charge in [0, 0.05) is 63.5 Å². The average Bonchev–Trinajstić information content (AvgIpc) is 3.28. The van der Waals surface area contributed by atoms with Gasteiger partial charge in [0.1, 0.15) is 5.82 Å². The summed E-state index contributed by atoms with van der Waals surface area (Å²) in [6.45, 7) is 9.95. The monoisotopic (exact) mass is 406 g/mol. The second kappa shape index (κ2) is 9.94. The summed E-state index contributed by atoms with van der Waals surface area (Å²) < 4.78 is 0. The van der Waals surface area contributed by atoms with Crippen molar-refractivity contribution >= 4 is 11.8 Å². The highest BCUT2D eigenvalue weighted by molar-refractivity contribution is 5.80. The van der Waals surface area contributed by atoms with Crippen molar-refractivity contribution in [1.82, 2.24) is 20.1 Å². The van der Waals surface area contributed by atoms with Gasteiger partial charge in [-0.25, -0.2) is 9.98 Å². The van der Waals surface area contributed by atoms with E-state index in [0.29, 0.717) is 12.5 Å². The molecule has 1 aromatic carbocycles. The molecule has 1 aromatic heterocycles. The fourth-order valence-electron chi connectivity index (χ4n) is 4.39. The van der Waals surface area contributed by atoms with E-state index in [4.69, 9.17) is 9.98 Å². The summed E-state index contributed by atoms with van der Waals surface area (Å²) in [4.78, 5) is 16.9. The van der Waals surface area contributed by atoms with Crippen LogP contribution in [0.5, 0.6) is 0 Å². The van der Waals surface area contributed by atoms with E-state index in [1.54, 1.807) is 0 Å². The van der Waals surface area contributed by atoms with Gasteiger partial charge in [0.15, 0.2) is 5.96 Å². The lowest BCUT2D eigenvalue weighted by molar-refractivity contribution is 0.312. The molecular formula is C24H34N6. The molecule has 2 saturated heterocycles. The zero-order valence-corrected chi connectivity index (χ0v) is 18.3. The molecule has 0 aliphatic carbocycles. The van der Waals surface area contributed by atoms with E-state index in [1.165, 1.54) is 17.5 Å². The molecule has 0 radical (unpaired) electrons. The van der Waals surface area contributed by atoms with E-state index >= 15 is 0 Å². The Balaban J connectivity index is 1.46. The van der Waals surface area contributed by atoms with Gasteiger partial charge in [-0.1, -0.05) is 36.4 Å². The largest absolute Gasteiger partial charge is 0.357 e. The van der Waals surface area contributed by atoms with Crippen LogP contribution in [0.2, 0.25) is 0 Å². The molecule has 4 rings (SSSR count). The van der Waals surface area contributed by atoms with Gasteiger partial charge in [-0.05, 0) is 32.0 Å². The lowest BCUT2D eigenvalue weighted by Crippen LogP contribution is -2.45. The summed E-state index contributed by atoms with van der Waals surface area (Å²) in [5.41, 5.74) is 2.64. The predicted molar refractivity (Wildman–Crippen MR) is 124 cm³/mol. The summed E-state index contributed by atoms with van der Waals surface area (Å²) in [5, 5.41) is 3.51. The van der Waals surface area contributed by atoms with Crippen molar-refractivity contribution in [1.29, 1.82) is 0 Å². The number of guanidine groups is 1. The van der Waals surface area contributed by atoms with Crippen molar-refractivity contribution in [3.63, 3.8) is 0 Å². The van der Waals surface area contributed by atoms with E-state index in [2.05, 4.69) is 70.4 Å². The second-order valence-corrected chi connectivity index (χ2v) is 8.29.